The van der Waals surface area contributed by atoms with Crippen LogP contribution in [0.4, 0.5) is 13.2 Å². The number of pyridine rings is 1. The van der Waals surface area contributed by atoms with Crippen LogP contribution in [-0.4, -0.2) is 17.6 Å². The lowest BCUT2D eigenvalue weighted by Gasteiger charge is -2.08. The standard InChI is InChI=1S/C10H7F3N2O2/c1-2-17-9(16)7-3-8(10(11,12)13)15-5-6(7)4-14/h3,5H,2H2,1H3. The molecule has 0 amide bonds. The quantitative estimate of drug-likeness (QED) is 0.748. The highest BCUT2D eigenvalue weighted by Gasteiger charge is 2.34. The Bertz CT molecular complexity index is 477. The van der Waals surface area contributed by atoms with Gasteiger partial charge < -0.3 is 4.74 Å². The van der Waals surface area contributed by atoms with E-state index in [9.17, 15) is 18.0 Å². The third kappa shape index (κ3) is 2.93. The number of nitriles is 1. The van der Waals surface area contributed by atoms with Gasteiger partial charge in [-0.15, -0.1) is 0 Å². The first-order chi connectivity index (χ1) is 7.90. The Labute approximate surface area is 94.6 Å². The number of ether oxygens (including phenoxy) is 1. The minimum Gasteiger partial charge on any atom is -0.462 e. The molecule has 0 radical (unpaired) electrons. The van der Waals surface area contributed by atoms with E-state index in [-0.39, 0.29) is 12.2 Å². The Hall–Kier alpha value is -2.10. The molecule has 0 fully saturated rings. The van der Waals surface area contributed by atoms with Crippen LogP contribution in [0, 0.1) is 11.3 Å². The van der Waals surface area contributed by atoms with Gasteiger partial charge in [0.2, 0.25) is 0 Å². The number of carbonyl (C=O) groups excluding carboxylic acids is 1. The van der Waals surface area contributed by atoms with Crippen molar-refractivity contribution >= 4 is 5.97 Å². The Morgan fingerprint density at radius 3 is 2.71 bits per heavy atom. The van der Waals surface area contributed by atoms with Gasteiger partial charge in [-0.1, -0.05) is 0 Å². The molecule has 0 N–H and O–H groups in total. The number of halogens is 3. The molecule has 4 nitrogen and oxygen atoms in total. The van der Waals surface area contributed by atoms with Gasteiger partial charge in [0, 0.05) is 6.20 Å². The van der Waals surface area contributed by atoms with Crippen molar-refractivity contribution in [2.75, 3.05) is 6.61 Å². The molecule has 0 atom stereocenters. The van der Waals surface area contributed by atoms with Crippen LogP contribution in [0.15, 0.2) is 12.3 Å². The summed E-state index contributed by atoms with van der Waals surface area (Å²) in [6.07, 6.45) is -3.97. The summed E-state index contributed by atoms with van der Waals surface area (Å²) in [4.78, 5) is 14.4. The van der Waals surface area contributed by atoms with Gasteiger partial charge in [0.15, 0.2) is 0 Å². The molecule has 17 heavy (non-hydrogen) atoms. The molecule has 90 valence electrons. The molecule has 1 aromatic heterocycles. The SMILES string of the molecule is CCOC(=O)c1cc(C(F)(F)F)ncc1C#N. The molecule has 0 unspecified atom stereocenters. The molecular formula is C10H7F3N2O2. The summed E-state index contributed by atoms with van der Waals surface area (Å²) in [5, 5.41) is 8.65. The van der Waals surface area contributed by atoms with E-state index in [4.69, 9.17) is 5.26 Å². The molecular weight excluding hydrogens is 237 g/mol. The van der Waals surface area contributed by atoms with Crippen LogP contribution in [0.1, 0.15) is 28.5 Å². The van der Waals surface area contributed by atoms with Crippen molar-refractivity contribution in [3.05, 3.63) is 29.1 Å². The minimum absolute atomic E-state index is 0.00732. The fraction of sp³-hybridized carbons (Fsp3) is 0.300. The topological polar surface area (TPSA) is 63.0 Å². The summed E-state index contributed by atoms with van der Waals surface area (Å²) >= 11 is 0. The highest BCUT2D eigenvalue weighted by atomic mass is 19.4. The Morgan fingerprint density at radius 2 is 2.24 bits per heavy atom. The average Bonchev–Trinajstić information content (AvgIpc) is 2.27. The Morgan fingerprint density at radius 1 is 1.59 bits per heavy atom. The summed E-state index contributed by atoms with van der Waals surface area (Å²) in [7, 11) is 0. The number of nitrogens with zero attached hydrogens (tertiary/aromatic N) is 2. The first-order valence-electron chi connectivity index (χ1n) is 4.54. The normalized spacial score (nSPS) is 10.8. The first-order valence-corrected chi connectivity index (χ1v) is 4.54. The van der Waals surface area contributed by atoms with Crippen LogP contribution >= 0.6 is 0 Å². The van der Waals surface area contributed by atoms with E-state index in [2.05, 4.69) is 9.72 Å². The molecule has 0 spiro atoms. The molecule has 0 saturated heterocycles. The lowest BCUT2D eigenvalue weighted by atomic mass is 10.1. The Kier molecular flexibility index (Phi) is 3.68. The van der Waals surface area contributed by atoms with Crippen molar-refractivity contribution in [2.24, 2.45) is 0 Å². The van der Waals surface area contributed by atoms with E-state index in [0.29, 0.717) is 12.3 Å². The number of esters is 1. The van der Waals surface area contributed by atoms with Gasteiger partial charge in [0.1, 0.15) is 11.8 Å². The van der Waals surface area contributed by atoms with Crippen LogP contribution in [0.3, 0.4) is 0 Å². The molecule has 0 saturated carbocycles. The fourth-order valence-electron chi connectivity index (χ4n) is 1.08. The zero-order valence-electron chi connectivity index (χ0n) is 8.71. The van der Waals surface area contributed by atoms with Crippen LogP contribution in [0.25, 0.3) is 0 Å². The molecule has 0 aliphatic rings. The number of aromatic nitrogens is 1. The van der Waals surface area contributed by atoms with Crippen LogP contribution < -0.4 is 0 Å². The second-order valence-electron chi connectivity index (χ2n) is 2.95. The number of hydrogen-bond donors (Lipinski definition) is 0. The summed E-state index contributed by atoms with van der Waals surface area (Å²) in [5.74, 6) is -0.975. The van der Waals surface area contributed by atoms with Gasteiger partial charge in [-0.25, -0.2) is 4.79 Å². The summed E-state index contributed by atoms with van der Waals surface area (Å²) in [5.41, 5.74) is -1.92. The van der Waals surface area contributed by atoms with Gasteiger partial charge in [-0.05, 0) is 13.0 Å². The van der Waals surface area contributed by atoms with Gasteiger partial charge in [0.05, 0.1) is 17.7 Å². The maximum Gasteiger partial charge on any atom is 0.433 e. The third-order valence-corrected chi connectivity index (χ3v) is 1.81. The number of rotatable bonds is 2. The maximum absolute atomic E-state index is 12.4. The summed E-state index contributed by atoms with van der Waals surface area (Å²) in [6, 6.07) is 2.09. The van der Waals surface area contributed by atoms with E-state index in [1.165, 1.54) is 6.92 Å². The highest BCUT2D eigenvalue weighted by molar-refractivity contribution is 5.92. The van der Waals surface area contributed by atoms with Crippen molar-refractivity contribution in [2.45, 2.75) is 13.1 Å². The molecule has 1 heterocycles. The van der Waals surface area contributed by atoms with Crippen LogP contribution in [0.5, 0.6) is 0 Å². The van der Waals surface area contributed by atoms with Gasteiger partial charge in [-0.2, -0.15) is 18.4 Å². The Balaban J connectivity index is 3.26. The average molecular weight is 244 g/mol. The van der Waals surface area contributed by atoms with Gasteiger partial charge in [0.25, 0.3) is 0 Å². The molecule has 0 bridgehead atoms. The van der Waals surface area contributed by atoms with Crippen LogP contribution in [0.2, 0.25) is 0 Å². The van der Waals surface area contributed by atoms with E-state index in [0.717, 1.165) is 0 Å². The number of hydrogen-bond acceptors (Lipinski definition) is 4. The van der Waals surface area contributed by atoms with Crippen LogP contribution in [-0.2, 0) is 10.9 Å². The number of carbonyl (C=O) groups is 1. The first kappa shape index (κ1) is 13.0. The van der Waals surface area contributed by atoms with Gasteiger partial charge >= 0.3 is 12.1 Å². The third-order valence-electron chi connectivity index (χ3n) is 1.81. The molecule has 1 aromatic rings. The van der Waals surface area contributed by atoms with E-state index in [1.807, 2.05) is 0 Å². The molecule has 0 aliphatic carbocycles. The van der Waals surface area contributed by atoms with E-state index >= 15 is 0 Å². The summed E-state index contributed by atoms with van der Waals surface area (Å²) in [6.45, 7) is 1.52. The summed E-state index contributed by atoms with van der Waals surface area (Å²) < 4.78 is 41.6. The molecule has 7 heteroatoms. The fourth-order valence-corrected chi connectivity index (χ4v) is 1.08. The van der Waals surface area contributed by atoms with E-state index < -0.39 is 23.4 Å². The lowest BCUT2D eigenvalue weighted by Crippen LogP contribution is -2.13. The lowest BCUT2D eigenvalue weighted by molar-refractivity contribution is -0.141. The highest BCUT2D eigenvalue weighted by Crippen LogP contribution is 2.28. The van der Waals surface area contributed by atoms with Gasteiger partial charge in [-0.3, -0.25) is 4.98 Å². The van der Waals surface area contributed by atoms with Crippen molar-refractivity contribution < 1.29 is 22.7 Å². The monoisotopic (exact) mass is 244 g/mol. The maximum atomic E-state index is 12.4. The minimum atomic E-state index is -4.67. The second kappa shape index (κ2) is 4.82. The predicted molar refractivity (Wildman–Crippen MR) is 49.9 cm³/mol. The van der Waals surface area contributed by atoms with Crippen molar-refractivity contribution in [3.63, 3.8) is 0 Å². The van der Waals surface area contributed by atoms with Crippen molar-refractivity contribution in [1.29, 1.82) is 5.26 Å². The predicted octanol–water partition coefficient (Wildman–Crippen LogP) is 2.15. The zero-order valence-corrected chi connectivity index (χ0v) is 8.71. The van der Waals surface area contributed by atoms with Crippen molar-refractivity contribution in [3.8, 4) is 6.07 Å². The molecule has 0 aliphatic heterocycles. The van der Waals surface area contributed by atoms with E-state index in [1.54, 1.807) is 6.07 Å². The second-order valence-corrected chi connectivity index (χ2v) is 2.95. The zero-order chi connectivity index (χ0) is 13.1. The number of alkyl halides is 3. The van der Waals surface area contributed by atoms with Crippen molar-refractivity contribution in [1.82, 2.24) is 4.98 Å². The smallest absolute Gasteiger partial charge is 0.433 e. The molecule has 0 aromatic carbocycles. The largest absolute Gasteiger partial charge is 0.462 e. The molecule has 1 rings (SSSR count).